The molecule has 0 aromatic carbocycles. The number of nitrogens with one attached hydrogen (secondary N) is 1. The molecule has 0 aliphatic heterocycles. The van der Waals surface area contributed by atoms with Crippen molar-refractivity contribution in [3.8, 4) is 0 Å². The number of esters is 1. The minimum Gasteiger partial charge on any atom is -0.467 e. The third kappa shape index (κ3) is 2.62. The van der Waals surface area contributed by atoms with E-state index in [1.165, 1.54) is 7.11 Å². The van der Waals surface area contributed by atoms with Gasteiger partial charge < -0.3 is 15.8 Å². The number of ether oxygens (including phenoxy) is 1. The molecule has 1 heterocycles. The van der Waals surface area contributed by atoms with Crippen LogP contribution in [0, 0.1) is 0 Å². The molecular formula is C9H13N3O2. The van der Waals surface area contributed by atoms with Crippen LogP contribution in [0.2, 0.25) is 0 Å². The normalized spacial score (nSPS) is 11.9. The van der Waals surface area contributed by atoms with Gasteiger partial charge in [-0.15, -0.1) is 0 Å². The van der Waals surface area contributed by atoms with Crippen molar-refractivity contribution in [2.45, 2.75) is 13.0 Å². The molecule has 3 N–H and O–H groups in total. The van der Waals surface area contributed by atoms with Crippen LogP contribution in [-0.4, -0.2) is 24.1 Å². The predicted octanol–water partition coefficient (Wildman–Crippen LogP) is 0.637. The summed E-state index contributed by atoms with van der Waals surface area (Å²) in [6.45, 7) is 1.69. The first-order valence-electron chi connectivity index (χ1n) is 4.19. The number of carbonyl (C=O) groups excluding carboxylic acids is 1. The fraction of sp³-hybridized carbons (Fsp3) is 0.333. The number of hydrogen-bond donors (Lipinski definition) is 2. The second-order valence-corrected chi connectivity index (χ2v) is 2.86. The van der Waals surface area contributed by atoms with Gasteiger partial charge in [-0.3, -0.25) is 0 Å². The van der Waals surface area contributed by atoms with Gasteiger partial charge in [0.05, 0.1) is 7.11 Å². The Bertz CT molecular complexity index is 328. The highest BCUT2D eigenvalue weighted by molar-refractivity contribution is 5.78. The van der Waals surface area contributed by atoms with Gasteiger partial charge in [0.1, 0.15) is 11.9 Å². The molecule has 0 aliphatic rings. The topological polar surface area (TPSA) is 77.2 Å². The van der Waals surface area contributed by atoms with Gasteiger partial charge >= 0.3 is 5.97 Å². The Kier molecular flexibility index (Phi) is 3.28. The van der Waals surface area contributed by atoms with E-state index in [4.69, 9.17) is 5.73 Å². The summed E-state index contributed by atoms with van der Waals surface area (Å²) in [6.07, 6.45) is 1.57. The average molecular weight is 195 g/mol. The largest absolute Gasteiger partial charge is 0.467 e. The van der Waals surface area contributed by atoms with E-state index in [1.54, 1.807) is 25.3 Å². The maximum absolute atomic E-state index is 11.1. The molecule has 0 spiro atoms. The molecular weight excluding hydrogens is 182 g/mol. The lowest BCUT2D eigenvalue weighted by Crippen LogP contribution is -2.27. The van der Waals surface area contributed by atoms with E-state index in [0.29, 0.717) is 11.5 Å². The number of aromatic nitrogens is 1. The molecule has 0 bridgehead atoms. The van der Waals surface area contributed by atoms with Gasteiger partial charge in [-0.05, 0) is 13.0 Å². The van der Waals surface area contributed by atoms with Crippen LogP contribution in [0.3, 0.4) is 0 Å². The van der Waals surface area contributed by atoms with E-state index < -0.39 is 6.04 Å². The van der Waals surface area contributed by atoms with Crippen LogP contribution in [-0.2, 0) is 9.53 Å². The molecule has 1 atom stereocenters. The Morgan fingerprint density at radius 1 is 1.71 bits per heavy atom. The van der Waals surface area contributed by atoms with Gasteiger partial charge in [-0.2, -0.15) is 0 Å². The smallest absolute Gasteiger partial charge is 0.328 e. The van der Waals surface area contributed by atoms with Gasteiger partial charge in [0.25, 0.3) is 0 Å². The number of carbonyl (C=O) groups is 1. The minimum atomic E-state index is -0.436. The lowest BCUT2D eigenvalue weighted by Gasteiger charge is -2.11. The van der Waals surface area contributed by atoms with Crippen molar-refractivity contribution >= 4 is 17.5 Å². The fourth-order valence-electron chi connectivity index (χ4n) is 0.983. The fourth-order valence-corrected chi connectivity index (χ4v) is 0.983. The molecule has 14 heavy (non-hydrogen) atoms. The third-order valence-corrected chi connectivity index (χ3v) is 1.70. The Hall–Kier alpha value is -1.78. The van der Waals surface area contributed by atoms with Crippen LogP contribution in [0.25, 0.3) is 0 Å². The third-order valence-electron chi connectivity index (χ3n) is 1.70. The maximum atomic E-state index is 11.1. The standard InChI is InChI=1S/C9H13N3O2/c1-6(9(13)14-2)12-8-5-7(10)3-4-11-8/h3-6H,1-2H3,(H3,10,11,12). The number of nitrogens with zero attached hydrogens (tertiary/aromatic N) is 1. The number of hydrogen-bond acceptors (Lipinski definition) is 5. The first-order chi connectivity index (χ1) is 6.63. The van der Waals surface area contributed by atoms with Crippen molar-refractivity contribution in [3.05, 3.63) is 18.3 Å². The van der Waals surface area contributed by atoms with Crippen LogP contribution in [0.5, 0.6) is 0 Å². The first kappa shape index (κ1) is 10.3. The minimum absolute atomic E-state index is 0.339. The number of pyridine rings is 1. The Labute approximate surface area is 82.3 Å². The molecule has 1 aromatic heterocycles. The van der Waals surface area contributed by atoms with E-state index in [0.717, 1.165) is 0 Å². The Balaban J connectivity index is 2.64. The molecule has 1 aromatic rings. The summed E-state index contributed by atoms with van der Waals surface area (Å²) in [7, 11) is 1.34. The van der Waals surface area contributed by atoms with Crippen molar-refractivity contribution < 1.29 is 9.53 Å². The highest BCUT2D eigenvalue weighted by Crippen LogP contribution is 2.09. The second kappa shape index (κ2) is 4.45. The highest BCUT2D eigenvalue weighted by Gasteiger charge is 2.12. The Morgan fingerprint density at radius 2 is 2.43 bits per heavy atom. The van der Waals surface area contributed by atoms with E-state index in [-0.39, 0.29) is 5.97 Å². The molecule has 0 saturated heterocycles. The SMILES string of the molecule is COC(=O)C(C)Nc1cc(N)ccn1. The van der Waals surface area contributed by atoms with Gasteiger partial charge in [-0.25, -0.2) is 9.78 Å². The van der Waals surface area contributed by atoms with Gasteiger partial charge in [0.15, 0.2) is 0 Å². The highest BCUT2D eigenvalue weighted by atomic mass is 16.5. The zero-order chi connectivity index (χ0) is 10.6. The zero-order valence-electron chi connectivity index (χ0n) is 8.15. The van der Waals surface area contributed by atoms with Crippen LogP contribution >= 0.6 is 0 Å². The monoisotopic (exact) mass is 195 g/mol. The summed E-state index contributed by atoms with van der Waals surface area (Å²) in [5.74, 6) is 0.220. The van der Waals surface area contributed by atoms with Crippen molar-refractivity contribution in [3.63, 3.8) is 0 Å². The summed E-state index contributed by atoms with van der Waals surface area (Å²) >= 11 is 0. The Morgan fingerprint density at radius 3 is 3.00 bits per heavy atom. The number of rotatable bonds is 3. The van der Waals surface area contributed by atoms with Gasteiger partial charge in [0, 0.05) is 18.0 Å². The molecule has 0 amide bonds. The molecule has 0 aliphatic carbocycles. The molecule has 0 fully saturated rings. The van der Waals surface area contributed by atoms with Crippen LogP contribution in [0.15, 0.2) is 18.3 Å². The summed E-state index contributed by atoms with van der Waals surface area (Å²) in [4.78, 5) is 15.1. The van der Waals surface area contributed by atoms with E-state index >= 15 is 0 Å². The number of anilines is 2. The van der Waals surface area contributed by atoms with E-state index in [2.05, 4.69) is 15.0 Å². The predicted molar refractivity (Wildman–Crippen MR) is 53.8 cm³/mol. The lowest BCUT2D eigenvalue weighted by molar-refractivity contribution is -0.141. The molecule has 1 unspecified atom stereocenters. The lowest BCUT2D eigenvalue weighted by atomic mass is 10.3. The summed E-state index contributed by atoms with van der Waals surface area (Å²) in [6, 6.07) is 2.89. The molecule has 0 radical (unpaired) electrons. The number of nitrogen functional groups attached to an aromatic ring is 1. The van der Waals surface area contributed by atoms with Crippen LogP contribution in [0.1, 0.15) is 6.92 Å². The molecule has 76 valence electrons. The van der Waals surface area contributed by atoms with Crippen molar-refractivity contribution in [1.29, 1.82) is 0 Å². The molecule has 5 nitrogen and oxygen atoms in total. The molecule has 0 saturated carbocycles. The summed E-state index contributed by atoms with van der Waals surface area (Å²) in [5.41, 5.74) is 6.14. The van der Waals surface area contributed by atoms with E-state index in [1.807, 2.05) is 0 Å². The van der Waals surface area contributed by atoms with Crippen molar-refractivity contribution in [1.82, 2.24) is 4.98 Å². The quantitative estimate of drug-likeness (QED) is 0.692. The second-order valence-electron chi connectivity index (χ2n) is 2.86. The number of methoxy groups -OCH3 is 1. The van der Waals surface area contributed by atoms with Crippen LogP contribution < -0.4 is 11.1 Å². The zero-order valence-corrected chi connectivity index (χ0v) is 8.15. The average Bonchev–Trinajstić information content (AvgIpc) is 2.16. The van der Waals surface area contributed by atoms with E-state index in [9.17, 15) is 4.79 Å². The van der Waals surface area contributed by atoms with Gasteiger partial charge in [-0.1, -0.05) is 0 Å². The van der Waals surface area contributed by atoms with Crippen molar-refractivity contribution in [2.24, 2.45) is 0 Å². The number of nitrogens with two attached hydrogens (primary N) is 1. The summed E-state index contributed by atoms with van der Waals surface area (Å²) < 4.78 is 4.55. The summed E-state index contributed by atoms with van der Waals surface area (Å²) in [5, 5.41) is 2.87. The van der Waals surface area contributed by atoms with Crippen LogP contribution in [0.4, 0.5) is 11.5 Å². The molecule has 5 heteroatoms. The van der Waals surface area contributed by atoms with Crippen molar-refractivity contribution in [2.75, 3.05) is 18.2 Å². The first-order valence-corrected chi connectivity index (χ1v) is 4.19. The van der Waals surface area contributed by atoms with Gasteiger partial charge in [0.2, 0.25) is 0 Å². The maximum Gasteiger partial charge on any atom is 0.328 e. The molecule has 1 rings (SSSR count).